The minimum atomic E-state index is 0.305. The summed E-state index contributed by atoms with van der Waals surface area (Å²) >= 11 is 3.54. The molecule has 2 aromatic carbocycles. The number of ether oxygens (including phenoxy) is 4. The summed E-state index contributed by atoms with van der Waals surface area (Å²) in [7, 11) is 1.76. The first-order valence-electron chi connectivity index (χ1n) is 13.6. The lowest BCUT2D eigenvalue weighted by Crippen LogP contribution is -2.38. The van der Waals surface area contributed by atoms with Crippen molar-refractivity contribution in [3.05, 3.63) is 46.5 Å². The molecule has 6 heteroatoms. The molecule has 2 aromatic rings. The fourth-order valence-electron chi connectivity index (χ4n) is 6.52. The summed E-state index contributed by atoms with van der Waals surface area (Å²) in [6.45, 7) is 2.04. The lowest BCUT2D eigenvalue weighted by atomic mass is 9.80. The van der Waals surface area contributed by atoms with Crippen LogP contribution in [0.3, 0.4) is 0 Å². The topological polar surface area (TPSA) is 40.2 Å². The number of benzene rings is 2. The number of nitrogens with zero attached hydrogens (tertiary/aromatic N) is 1. The normalized spacial score (nSPS) is 20.0. The molecule has 1 aliphatic carbocycles. The highest BCUT2D eigenvalue weighted by Crippen LogP contribution is 2.54. The van der Waals surface area contributed by atoms with E-state index in [4.69, 9.17) is 18.9 Å². The fraction of sp³-hybridized carbons (Fsp3) is 0.533. The molecule has 0 bridgehead atoms. The van der Waals surface area contributed by atoms with Gasteiger partial charge in [-0.1, -0.05) is 47.7 Å². The van der Waals surface area contributed by atoms with E-state index in [0.29, 0.717) is 18.8 Å². The van der Waals surface area contributed by atoms with Gasteiger partial charge in [0.2, 0.25) is 6.79 Å². The van der Waals surface area contributed by atoms with Crippen LogP contribution in [0.1, 0.15) is 79.7 Å². The second kappa shape index (κ2) is 10.6. The molecular formula is C30H36BrNO4. The first-order valence-corrected chi connectivity index (χ1v) is 14.7. The highest BCUT2D eigenvalue weighted by atomic mass is 79.9. The highest BCUT2D eigenvalue weighted by Gasteiger charge is 2.41. The largest absolute Gasteiger partial charge is 0.493 e. The molecule has 6 rings (SSSR count). The zero-order valence-corrected chi connectivity index (χ0v) is 22.8. The van der Waals surface area contributed by atoms with Crippen LogP contribution in [0.25, 0.3) is 11.8 Å². The maximum atomic E-state index is 6.58. The van der Waals surface area contributed by atoms with Gasteiger partial charge in [-0.2, -0.15) is 0 Å². The molecule has 4 aliphatic rings. The van der Waals surface area contributed by atoms with Crippen molar-refractivity contribution in [3.63, 3.8) is 0 Å². The van der Waals surface area contributed by atoms with Crippen molar-refractivity contribution in [1.29, 1.82) is 0 Å². The maximum absolute atomic E-state index is 6.58. The van der Waals surface area contributed by atoms with Gasteiger partial charge in [-0.25, -0.2) is 0 Å². The minimum absolute atomic E-state index is 0.305. The van der Waals surface area contributed by atoms with Gasteiger partial charge in [-0.15, -0.1) is 0 Å². The van der Waals surface area contributed by atoms with E-state index in [9.17, 15) is 0 Å². The summed E-state index contributed by atoms with van der Waals surface area (Å²) < 4.78 is 23.9. The lowest BCUT2D eigenvalue weighted by Gasteiger charge is -2.46. The molecule has 0 aromatic heterocycles. The SMILES string of the molecule is COc1ccc2c(c1OCCCCCCBr)C(C1CCCC1)N1CCc3cc4c(cc3C1=C2)OCO4. The van der Waals surface area contributed by atoms with Crippen molar-refractivity contribution in [1.82, 2.24) is 4.90 Å². The van der Waals surface area contributed by atoms with Crippen LogP contribution in [0.4, 0.5) is 0 Å². The molecule has 1 unspecified atom stereocenters. The lowest BCUT2D eigenvalue weighted by molar-refractivity contribution is 0.174. The Morgan fingerprint density at radius 1 is 1.03 bits per heavy atom. The third-order valence-corrected chi connectivity index (χ3v) is 8.82. The number of methoxy groups -OCH3 is 1. The summed E-state index contributed by atoms with van der Waals surface area (Å²) in [5, 5.41) is 1.08. The Morgan fingerprint density at radius 3 is 2.64 bits per heavy atom. The van der Waals surface area contributed by atoms with E-state index in [1.54, 1.807) is 7.11 Å². The number of halogens is 1. The van der Waals surface area contributed by atoms with Crippen LogP contribution in [0, 0.1) is 5.92 Å². The Kier molecular flexibility index (Phi) is 7.05. The molecule has 0 saturated heterocycles. The maximum Gasteiger partial charge on any atom is 0.231 e. The summed E-state index contributed by atoms with van der Waals surface area (Å²) in [6, 6.07) is 9.00. The average Bonchev–Trinajstić information content (AvgIpc) is 3.60. The summed E-state index contributed by atoms with van der Waals surface area (Å²) in [5.41, 5.74) is 6.53. The highest BCUT2D eigenvalue weighted by molar-refractivity contribution is 9.09. The molecule has 192 valence electrons. The molecule has 3 aliphatic heterocycles. The predicted octanol–water partition coefficient (Wildman–Crippen LogP) is 7.36. The van der Waals surface area contributed by atoms with Gasteiger partial charge in [0.05, 0.1) is 19.8 Å². The summed E-state index contributed by atoms with van der Waals surface area (Å²) in [6.07, 6.45) is 13.3. The third kappa shape index (κ3) is 4.36. The number of rotatable bonds is 9. The first-order chi connectivity index (χ1) is 17.8. The van der Waals surface area contributed by atoms with E-state index < -0.39 is 0 Å². The molecule has 0 N–H and O–H groups in total. The van der Waals surface area contributed by atoms with Crippen LogP contribution in [0.2, 0.25) is 0 Å². The quantitative estimate of drug-likeness (QED) is 0.239. The van der Waals surface area contributed by atoms with Crippen molar-refractivity contribution < 1.29 is 18.9 Å². The van der Waals surface area contributed by atoms with Crippen LogP contribution in [0.5, 0.6) is 23.0 Å². The third-order valence-electron chi connectivity index (χ3n) is 8.26. The van der Waals surface area contributed by atoms with E-state index in [1.165, 1.54) is 72.9 Å². The monoisotopic (exact) mass is 553 g/mol. The second-order valence-electron chi connectivity index (χ2n) is 10.4. The van der Waals surface area contributed by atoms with Crippen LogP contribution >= 0.6 is 15.9 Å². The molecule has 1 fully saturated rings. The number of hydrogen-bond acceptors (Lipinski definition) is 5. The van der Waals surface area contributed by atoms with E-state index in [2.05, 4.69) is 51.2 Å². The first kappa shape index (κ1) is 24.0. The van der Waals surface area contributed by atoms with Crippen LogP contribution in [-0.4, -0.2) is 37.3 Å². The molecule has 36 heavy (non-hydrogen) atoms. The van der Waals surface area contributed by atoms with Gasteiger partial charge in [0.1, 0.15) is 0 Å². The standard InChI is InChI=1S/C30H36BrNO4/c1-33-25-11-10-22-16-24-23-18-27-26(35-19-36-27)17-21(23)12-14-32(24)29(20-8-4-5-9-20)28(22)30(25)34-15-7-3-2-6-13-31/h10-11,16-18,20,29H,2-9,12-15,19H2,1H3. The van der Waals surface area contributed by atoms with Gasteiger partial charge >= 0.3 is 0 Å². The Morgan fingerprint density at radius 2 is 1.83 bits per heavy atom. The molecule has 3 heterocycles. The van der Waals surface area contributed by atoms with Gasteiger partial charge in [-0.3, -0.25) is 0 Å². The van der Waals surface area contributed by atoms with Gasteiger partial charge in [0.25, 0.3) is 0 Å². The molecule has 0 amide bonds. The predicted molar refractivity (Wildman–Crippen MR) is 146 cm³/mol. The molecule has 0 radical (unpaired) electrons. The Bertz CT molecular complexity index is 1140. The smallest absolute Gasteiger partial charge is 0.231 e. The second-order valence-corrected chi connectivity index (χ2v) is 11.2. The zero-order valence-electron chi connectivity index (χ0n) is 21.2. The van der Waals surface area contributed by atoms with E-state index in [0.717, 1.165) is 54.3 Å². The molecule has 1 saturated carbocycles. The van der Waals surface area contributed by atoms with Crippen molar-refractivity contribution >= 4 is 27.7 Å². The van der Waals surface area contributed by atoms with Crippen molar-refractivity contribution in [2.24, 2.45) is 5.92 Å². The Balaban J connectivity index is 1.40. The number of alkyl halides is 1. The van der Waals surface area contributed by atoms with Gasteiger partial charge in [0, 0.05) is 28.7 Å². The molecular weight excluding hydrogens is 518 g/mol. The number of unbranched alkanes of at least 4 members (excludes halogenated alkanes) is 3. The van der Waals surface area contributed by atoms with Gasteiger partial charge in [0.15, 0.2) is 23.0 Å². The van der Waals surface area contributed by atoms with Crippen molar-refractivity contribution in [2.45, 2.75) is 63.8 Å². The number of hydrogen-bond donors (Lipinski definition) is 0. The Hall–Kier alpha value is -2.34. The zero-order chi connectivity index (χ0) is 24.5. The number of fused-ring (bicyclic) bond motifs is 5. The summed E-state index contributed by atoms with van der Waals surface area (Å²) in [4.78, 5) is 2.66. The van der Waals surface area contributed by atoms with Crippen LogP contribution in [0.15, 0.2) is 24.3 Å². The molecule has 1 atom stereocenters. The van der Waals surface area contributed by atoms with Gasteiger partial charge in [-0.05, 0) is 73.4 Å². The van der Waals surface area contributed by atoms with E-state index in [1.807, 2.05) is 0 Å². The molecule has 5 nitrogen and oxygen atoms in total. The van der Waals surface area contributed by atoms with E-state index >= 15 is 0 Å². The van der Waals surface area contributed by atoms with Gasteiger partial charge < -0.3 is 23.8 Å². The van der Waals surface area contributed by atoms with Crippen LogP contribution < -0.4 is 18.9 Å². The minimum Gasteiger partial charge on any atom is -0.493 e. The Labute approximate surface area is 222 Å². The van der Waals surface area contributed by atoms with Crippen LogP contribution in [-0.2, 0) is 6.42 Å². The average molecular weight is 555 g/mol. The van der Waals surface area contributed by atoms with Crippen molar-refractivity contribution in [2.75, 3.05) is 32.4 Å². The van der Waals surface area contributed by atoms with Crippen molar-refractivity contribution in [3.8, 4) is 23.0 Å². The van der Waals surface area contributed by atoms with E-state index in [-0.39, 0.29) is 0 Å². The molecule has 0 spiro atoms. The summed E-state index contributed by atoms with van der Waals surface area (Å²) in [5.74, 6) is 4.17. The fourth-order valence-corrected chi connectivity index (χ4v) is 6.92.